The molecule has 1 nitrogen and oxygen atoms in total. The summed E-state index contributed by atoms with van der Waals surface area (Å²) in [6.45, 7) is 15.7. The molecular formula is C18H31NSi. The molecule has 0 N–H and O–H groups in total. The third kappa shape index (κ3) is 5.26. The molecule has 1 aromatic rings. The average Bonchev–Trinajstić information content (AvgIpc) is 2.47. The minimum Gasteiger partial charge on any atom is -0.323 e. The van der Waals surface area contributed by atoms with E-state index in [0.29, 0.717) is 0 Å². The Hall–Kier alpha value is -0.863. The Balaban J connectivity index is 2.75. The minimum absolute atomic E-state index is 0.987. The second-order valence-electron chi connectivity index (χ2n) is 5.82. The van der Waals surface area contributed by atoms with Gasteiger partial charge in [0.05, 0.1) is 0 Å². The van der Waals surface area contributed by atoms with Crippen LogP contribution in [-0.4, -0.2) is 26.6 Å². The lowest BCUT2D eigenvalue weighted by atomic mass is 10.1. The molecule has 0 amide bonds. The quantitative estimate of drug-likeness (QED) is 0.616. The molecule has 2 heteroatoms. The van der Waals surface area contributed by atoms with Crippen molar-refractivity contribution in [1.29, 1.82) is 0 Å². The first-order chi connectivity index (χ1) is 9.60. The van der Waals surface area contributed by atoms with E-state index in [1.54, 1.807) is 5.19 Å². The molecule has 0 aromatic heterocycles. The van der Waals surface area contributed by atoms with Crippen molar-refractivity contribution < 1.29 is 0 Å². The fourth-order valence-electron chi connectivity index (χ4n) is 2.48. The summed E-state index contributed by atoms with van der Waals surface area (Å²) in [5.41, 5.74) is 2.42. The van der Waals surface area contributed by atoms with E-state index in [1.165, 1.54) is 44.3 Å². The van der Waals surface area contributed by atoms with E-state index in [4.69, 9.17) is 0 Å². The SMILES string of the molecule is C=C(C)c1ccc([SiH](C)N(CCCC)CCCC)cc1. The van der Waals surface area contributed by atoms with Gasteiger partial charge in [-0.1, -0.05) is 69.7 Å². The Kier molecular flexibility index (Phi) is 7.86. The predicted octanol–water partition coefficient (Wildman–Crippen LogP) is 4.18. The first-order valence-corrected chi connectivity index (χ1v) is 10.3. The molecule has 0 spiro atoms. The maximum atomic E-state index is 4.02. The van der Waals surface area contributed by atoms with Gasteiger partial charge < -0.3 is 4.57 Å². The first kappa shape index (κ1) is 17.2. The Morgan fingerprint density at radius 2 is 1.55 bits per heavy atom. The van der Waals surface area contributed by atoms with Gasteiger partial charge in [-0.15, -0.1) is 0 Å². The Labute approximate surface area is 127 Å². The van der Waals surface area contributed by atoms with Gasteiger partial charge in [-0.2, -0.15) is 0 Å². The summed E-state index contributed by atoms with van der Waals surface area (Å²) in [7, 11) is -0.987. The van der Waals surface area contributed by atoms with Crippen molar-refractivity contribution in [3.05, 3.63) is 36.4 Å². The molecule has 0 aliphatic carbocycles. The van der Waals surface area contributed by atoms with Gasteiger partial charge in [0.15, 0.2) is 0 Å². The van der Waals surface area contributed by atoms with Crippen molar-refractivity contribution >= 4 is 19.7 Å². The van der Waals surface area contributed by atoms with E-state index in [-0.39, 0.29) is 0 Å². The molecule has 1 aromatic carbocycles. The first-order valence-electron chi connectivity index (χ1n) is 8.10. The van der Waals surface area contributed by atoms with Gasteiger partial charge in [0.2, 0.25) is 0 Å². The third-order valence-electron chi connectivity index (χ3n) is 4.03. The highest BCUT2D eigenvalue weighted by Crippen LogP contribution is 2.10. The summed E-state index contributed by atoms with van der Waals surface area (Å²) in [4.78, 5) is 0. The fraction of sp³-hybridized carbons (Fsp3) is 0.556. The number of rotatable bonds is 9. The van der Waals surface area contributed by atoms with Crippen LogP contribution in [0.5, 0.6) is 0 Å². The van der Waals surface area contributed by atoms with Crippen molar-refractivity contribution in [3.63, 3.8) is 0 Å². The molecule has 0 bridgehead atoms. The van der Waals surface area contributed by atoms with Crippen LogP contribution >= 0.6 is 0 Å². The molecule has 20 heavy (non-hydrogen) atoms. The number of nitrogens with zero attached hydrogens (tertiary/aromatic N) is 1. The second-order valence-corrected chi connectivity index (χ2v) is 8.57. The number of benzene rings is 1. The van der Waals surface area contributed by atoms with Gasteiger partial charge in [-0.25, -0.2) is 0 Å². The summed E-state index contributed by atoms with van der Waals surface area (Å²) < 4.78 is 2.77. The lowest BCUT2D eigenvalue weighted by Gasteiger charge is -2.28. The standard InChI is InChI=1S/C18H31NSi/c1-6-8-14-19(15-9-7-2)20(5)18-12-10-17(11-13-18)16(3)4/h10-13,20H,3,6-9,14-15H2,1-2,4-5H3. The fourth-order valence-corrected chi connectivity index (χ4v) is 4.79. The van der Waals surface area contributed by atoms with Crippen LogP contribution in [-0.2, 0) is 0 Å². The topological polar surface area (TPSA) is 3.24 Å². The van der Waals surface area contributed by atoms with Crippen molar-refractivity contribution in [1.82, 2.24) is 4.57 Å². The average molecular weight is 290 g/mol. The lowest BCUT2D eigenvalue weighted by molar-refractivity contribution is 0.415. The molecule has 0 aliphatic rings. The summed E-state index contributed by atoms with van der Waals surface area (Å²) in [6, 6.07) is 9.12. The molecule has 0 fully saturated rings. The van der Waals surface area contributed by atoms with E-state index < -0.39 is 8.96 Å². The highest BCUT2D eigenvalue weighted by molar-refractivity contribution is 6.69. The van der Waals surface area contributed by atoms with Crippen LogP contribution in [0, 0.1) is 0 Å². The Bertz CT molecular complexity index is 388. The van der Waals surface area contributed by atoms with E-state index in [0.717, 1.165) is 5.57 Å². The van der Waals surface area contributed by atoms with Crippen molar-refractivity contribution in [2.45, 2.75) is 53.0 Å². The number of unbranched alkanes of at least 4 members (excludes halogenated alkanes) is 2. The van der Waals surface area contributed by atoms with Crippen LogP contribution in [0.4, 0.5) is 0 Å². The Morgan fingerprint density at radius 1 is 1.05 bits per heavy atom. The van der Waals surface area contributed by atoms with Crippen LogP contribution in [0.15, 0.2) is 30.8 Å². The number of allylic oxidation sites excluding steroid dienone is 1. The molecule has 112 valence electrons. The van der Waals surface area contributed by atoms with Gasteiger partial charge in [0.25, 0.3) is 0 Å². The van der Waals surface area contributed by atoms with Crippen LogP contribution in [0.1, 0.15) is 52.0 Å². The van der Waals surface area contributed by atoms with Gasteiger partial charge in [0, 0.05) is 0 Å². The monoisotopic (exact) mass is 289 g/mol. The van der Waals surface area contributed by atoms with Crippen LogP contribution in [0.2, 0.25) is 6.55 Å². The smallest absolute Gasteiger partial charge is 0.140 e. The van der Waals surface area contributed by atoms with Gasteiger partial charge in [-0.05, 0) is 43.6 Å². The van der Waals surface area contributed by atoms with Crippen molar-refractivity contribution in [2.24, 2.45) is 0 Å². The van der Waals surface area contributed by atoms with E-state index >= 15 is 0 Å². The molecular weight excluding hydrogens is 258 g/mol. The normalized spacial score (nSPS) is 12.7. The van der Waals surface area contributed by atoms with Gasteiger partial charge >= 0.3 is 0 Å². The van der Waals surface area contributed by atoms with E-state index in [1.807, 2.05) is 0 Å². The zero-order valence-corrected chi connectivity index (χ0v) is 14.9. The highest BCUT2D eigenvalue weighted by atomic mass is 28.3. The van der Waals surface area contributed by atoms with Crippen molar-refractivity contribution in [3.8, 4) is 0 Å². The third-order valence-corrected chi connectivity index (χ3v) is 6.99. The highest BCUT2D eigenvalue weighted by Gasteiger charge is 2.16. The Morgan fingerprint density at radius 3 is 1.95 bits per heavy atom. The van der Waals surface area contributed by atoms with Crippen LogP contribution in [0.25, 0.3) is 5.57 Å². The van der Waals surface area contributed by atoms with E-state index in [9.17, 15) is 0 Å². The molecule has 1 atom stereocenters. The molecule has 0 radical (unpaired) electrons. The number of hydrogen-bond donors (Lipinski definition) is 0. The second kappa shape index (κ2) is 9.14. The zero-order chi connectivity index (χ0) is 15.0. The van der Waals surface area contributed by atoms with Crippen LogP contribution < -0.4 is 5.19 Å². The molecule has 0 aliphatic heterocycles. The minimum atomic E-state index is -0.987. The van der Waals surface area contributed by atoms with Crippen molar-refractivity contribution in [2.75, 3.05) is 13.1 Å². The van der Waals surface area contributed by atoms with Crippen LogP contribution in [0.3, 0.4) is 0 Å². The molecule has 0 saturated carbocycles. The van der Waals surface area contributed by atoms with Gasteiger partial charge in [0.1, 0.15) is 8.96 Å². The van der Waals surface area contributed by atoms with Gasteiger partial charge in [-0.3, -0.25) is 0 Å². The summed E-state index contributed by atoms with van der Waals surface area (Å²) in [6.07, 6.45) is 5.23. The number of hydrogen-bond acceptors (Lipinski definition) is 1. The molecule has 0 saturated heterocycles. The molecule has 1 unspecified atom stereocenters. The largest absolute Gasteiger partial charge is 0.323 e. The summed E-state index contributed by atoms with van der Waals surface area (Å²) in [5, 5.41) is 1.56. The summed E-state index contributed by atoms with van der Waals surface area (Å²) >= 11 is 0. The summed E-state index contributed by atoms with van der Waals surface area (Å²) in [5.74, 6) is 0. The van der Waals surface area contributed by atoms with E-state index in [2.05, 4.69) is 62.7 Å². The zero-order valence-electron chi connectivity index (χ0n) is 13.8. The lowest BCUT2D eigenvalue weighted by Crippen LogP contribution is -2.46. The maximum absolute atomic E-state index is 4.02. The predicted molar refractivity (Wildman–Crippen MR) is 95.2 cm³/mol. The molecule has 1 rings (SSSR count). The maximum Gasteiger partial charge on any atom is 0.140 e. The molecule has 0 heterocycles.